The zero-order valence-corrected chi connectivity index (χ0v) is 33.6. The van der Waals surface area contributed by atoms with Gasteiger partial charge in [-0.2, -0.15) is 0 Å². The van der Waals surface area contributed by atoms with Crippen molar-refractivity contribution in [3.05, 3.63) is 0 Å². The maximum absolute atomic E-state index is 13.1. The van der Waals surface area contributed by atoms with E-state index < -0.39 is 48.2 Å². The molecule has 0 aromatic carbocycles. The molecule has 0 aromatic rings. The van der Waals surface area contributed by atoms with Crippen LogP contribution in [0.25, 0.3) is 0 Å². The van der Waals surface area contributed by atoms with Crippen LogP contribution < -0.4 is 5.32 Å². The largest absolute Gasteiger partial charge is 0.464 e. The molecule has 2 N–H and O–H groups in total. The first-order valence-electron chi connectivity index (χ1n) is 21.1. The Kier molecular flexibility index (Phi) is 33.4. The average molecular weight is 726 g/mol. The Bertz CT molecular complexity index is 866. The lowest BCUT2D eigenvalue weighted by molar-refractivity contribution is -0.172. The molecule has 0 spiro atoms. The normalized spacial score (nSPS) is 13.6. The summed E-state index contributed by atoms with van der Waals surface area (Å²) in [6.07, 6.45) is 29.1. The number of nitrogens with one attached hydrogen (secondary N) is 1. The van der Waals surface area contributed by atoms with Gasteiger partial charge in [-0.1, -0.05) is 174 Å². The van der Waals surface area contributed by atoms with Crippen molar-refractivity contribution in [1.29, 1.82) is 0 Å². The summed E-state index contributed by atoms with van der Waals surface area (Å²) in [5, 5.41) is 13.4. The standard InChI is InChI=1S/C42H79NO8/c1-6-8-10-12-14-15-16-17-18-19-20-21-22-23-24-25-27-28-30-32-39(47)42(48)43-38(34-49-35(3)44)41(51-37(5)46)40(50-36(4)45)33-31-29-26-13-11-9-7-2/h38-41,47H,6-34H2,1-5H3,(H,43,48)/t38-,39+,40+,41-/m0/s1. The quantitative estimate of drug-likeness (QED) is 0.0371. The molecule has 0 aromatic heterocycles. The molecule has 9 nitrogen and oxygen atoms in total. The molecule has 9 heteroatoms. The number of carbonyl (C=O) groups excluding carboxylic acids is 4. The Hall–Kier alpha value is -2.16. The lowest BCUT2D eigenvalue weighted by Gasteiger charge is -2.33. The van der Waals surface area contributed by atoms with Crippen LogP contribution in [0.1, 0.15) is 214 Å². The van der Waals surface area contributed by atoms with E-state index in [1.54, 1.807) is 0 Å². The highest BCUT2D eigenvalue weighted by Crippen LogP contribution is 2.20. The Morgan fingerprint density at radius 2 is 0.843 bits per heavy atom. The van der Waals surface area contributed by atoms with Crippen LogP contribution in [0.4, 0.5) is 0 Å². The van der Waals surface area contributed by atoms with Gasteiger partial charge in [-0.05, 0) is 19.3 Å². The molecule has 0 aliphatic rings. The minimum absolute atomic E-state index is 0.292. The van der Waals surface area contributed by atoms with E-state index in [9.17, 15) is 24.3 Å². The van der Waals surface area contributed by atoms with Crippen LogP contribution >= 0.6 is 0 Å². The molecule has 4 atom stereocenters. The first-order chi connectivity index (χ1) is 24.6. The van der Waals surface area contributed by atoms with Gasteiger partial charge in [-0.15, -0.1) is 0 Å². The highest BCUT2D eigenvalue weighted by atomic mass is 16.6. The number of unbranched alkanes of at least 4 members (excludes halogenated alkanes) is 24. The van der Waals surface area contributed by atoms with Crippen molar-refractivity contribution in [3.63, 3.8) is 0 Å². The van der Waals surface area contributed by atoms with E-state index in [2.05, 4.69) is 19.2 Å². The number of aliphatic hydroxyl groups is 1. The summed E-state index contributed by atoms with van der Waals surface area (Å²) in [7, 11) is 0. The molecular weight excluding hydrogens is 646 g/mol. The number of hydrogen-bond donors (Lipinski definition) is 2. The second-order valence-corrected chi connectivity index (χ2v) is 14.7. The van der Waals surface area contributed by atoms with Crippen molar-refractivity contribution in [2.45, 2.75) is 239 Å². The van der Waals surface area contributed by atoms with Crippen molar-refractivity contribution >= 4 is 23.8 Å². The first-order valence-corrected chi connectivity index (χ1v) is 21.1. The van der Waals surface area contributed by atoms with E-state index in [1.165, 1.54) is 136 Å². The van der Waals surface area contributed by atoms with E-state index in [1.807, 2.05) is 0 Å². The summed E-state index contributed by atoms with van der Waals surface area (Å²) in [6, 6.07) is -1.00. The predicted octanol–water partition coefficient (Wildman–Crippen LogP) is 10.2. The maximum Gasteiger partial charge on any atom is 0.303 e. The third-order valence-electron chi connectivity index (χ3n) is 9.65. The molecular formula is C42H79NO8. The van der Waals surface area contributed by atoms with Crippen molar-refractivity contribution in [2.24, 2.45) is 0 Å². The number of carbonyl (C=O) groups is 4. The summed E-state index contributed by atoms with van der Waals surface area (Å²) in [6.45, 7) is 7.92. The van der Waals surface area contributed by atoms with Gasteiger partial charge in [0.15, 0.2) is 6.10 Å². The van der Waals surface area contributed by atoms with Crippen molar-refractivity contribution in [2.75, 3.05) is 6.61 Å². The fraction of sp³-hybridized carbons (Fsp3) is 0.905. The maximum atomic E-state index is 13.1. The van der Waals surface area contributed by atoms with Gasteiger partial charge in [0.1, 0.15) is 24.9 Å². The van der Waals surface area contributed by atoms with Crippen molar-refractivity contribution in [3.8, 4) is 0 Å². The molecule has 0 saturated heterocycles. The molecule has 0 fully saturated rings. The molecule has 0 rings (SSSR count). The molecule has 1 amide bonds. The molecule has 0 saturated carbocycles. The van der Waals surface area contributed by atoms with E-state index in [4.69, 9.17) is 14.2 Å². The highest BCUT2D eigenvalue weighted by Gasteiger charge is 2.37. The van der Waals surface area contributed by atoms with Gasteiger partial charge in [-0.3, -0.25) is 19.2 Å². The van der Waals surface area contributed by atoms with Crippen LogP contribution in [0, 0.1) is 0 Å². The van der Waals surface area contributed by atoms with Gasteiger partial charge in [-0.25, -0.2) is 0 Å². The van der Waals surface area contributed by atoms with Gasteiger partial charge in [0, 0.05) is 20.8 Å². The summed E-state index contributed by atoms with van der Waals surface area (Å²) in [4.78, 5) is 49.0. The molecule has 0 bridgehead atoms. The fourth-order valence-corrected chi connectivity index (χ4v) is 6.67. The Morgan fingerprint density at radius 1 is 0.490 bits per heavy atom. The molecule has 0 radical (unpaired) electrons. The number of ether oxygens (including phenoxy) is 3. The van der Waals surface area contributed by atoms with Crippen LogP contribution in [0.3, 0.4) is 0 Å². The minimum atomic E-state index is -1.26. The zero-order chi connectivity index (χ0) is 38.0. The number of amides is 1. The topological polar surface area (TPSA) is 128 Å². The van der Waals surface area contributed by atoms with E-state index in [0.29, 0.717) is 19.3 Å². The Morgan fingerprint density at radius 3 is 1.20 bits per heavy atom. The van der Waals surface area contributed by atoms with Gasteiger partial charge < -0.3 is 24.6 Å². The number of esters is 3. The highest BCUT2D eigenvalue weighted by molar-refractivity contribution is 5.81. The molecule has 300 valence electrons. The van der Waals surface area contributed by atoms with Crippen LogP contribution in [0.5, 0.6) is 0 Å². The van der Waals surface area contributed by atoms with Crippen LogP contribution in [0.15, 0.2) is 0 Å². The summed E-state index contributed by atoms with van der Waals surface area (Å²) < 4.78 is 16.4. The van der Waals surface area contributed by atoms with Crippen LogP contribution in [-0.4, -0.2) is 59.9 Å². The third kappa shape index (κ3) is 31.1. The van der Waals surface area contributed by atoms with E-state index in [-0.39, 0.29) is 6.61 Å². The van der Waals surface area contributed by atoms with E-state index >= 15 is 0 Å². The SMILES string of the molecule is CCCCCCCCCCCCCCCCCCCCC[C@@H](O)C(=O)N[C@@H](COC(C)=O)[C@H](OC(C)=O)[C@@H](CCCCCCCCC)OC(C)=O. The van der Waals surface area contributed by atoms with Crippen LogP contribution in [0.2, 0.25) is 0 Å². The number of hydrogen-bond acceptors (Lipinski definition) is 8. The molecule has 0 aliphatic heterocycles. The van der Waals surface area contributed by atoms with Crippen molar-refractivity contribution in [1.82, 2.24) is 5.32 Å². The van der Waals surface area contributed by atoms with Gasteiger partial charge in [0.25, 0.3) is 0 Å². The molecule has 0 heterocycles. The minimum Gasteiger partial charge on any atom is -0.464 e. The van der Waals surface area contributed by atoms with Gasteiger partial charge >= 0.3 is 17.9 Å². The number of aliphatic hydroxyl groups excluding tert-OH is 1. The molecule has 51 heavy (non-hydrogen) atoms. The van der Waals surface area contributed by atoms with E-state index in [0.717, 1.165) is 44.9 Å². The lowest BCUT2D eigenvalue weighted by atomic mass is 9.98. The first kappa shape index (κ1) is 48.8. The second kappa shape index (κ2) is 34.9. The summed E-state index contributed by atoms with van der Waals surface area (Å²) >= 11 is 0. The van der Waals surface area contributed by atoms with Crippen LogP contribution in [-0.2, 0) is 33.4 Å². The Labute approximate surface area is 312 Å². The summed E-state index contributed by atoms with van der Waals surface area (Å²) in [5.74, 6) is -2.36. The molecule has 0 unspecified atom stereocenters. The fourth-order valence-electron chi connectivity index (χ4n) is 6.67. The third-order valence-corrected chi connectivity index (χ3v) is 9.65. The smallest absolute Gasteiger partial charge is 0.303 e. The lowest BCUT2D eigenvalue weighted by Crippen LogP contribution is -2.55. The Balaban J connectivity index is 4.58. The second-order valence-electron chi connectivity index (χ2n) is 14.7. The average Bonchev–Trinajstić information content (AvgIpc) is 3.08. The van der Waals surface area contributed by atoms with Gasteiger partial charge in [0.05, 0.1) is 0 Å². The predicted molar refractivity (Wildman–Crippen MR) is 206 cm³/mol. The summed E-state index contributed by atoms with van der Waals surface area (Å²) in [5.41, 5.74) is 0. The molecule has 0 aliphatic carbocycles. The zero-order valence-electron chi connectivity index (χ0n) is 33.6. The number of rotatable bonds is 36. The monoisotopic (exact) mass is 726 g/mol. The van der Waals surface area contributed by atoms with Gasteiger partial charge in [0.2, 0.25) is 5.91 Å². The van der Waals surface area contributed by atoms with Crippen molar-refractivity contribution < 1.29 is 38.5 Å².